The van der Waals surface area contributed by atoms with Crippen LogP contribution in [0.5, 0.6) is 0 Å². The number of phosphoric ester groups is 1. The summed E-state index contributed by atoms with van der Waals surface area (Å²) in [6.45, 7) is 6.82. The number of esters is 1. The van der Waals surface area contributed by atoms with Crippen molar-refractivity contribution >= 4 is 19.7 Å². The highest BCUT2D eigenvalue weighted by Gasteiger charge is 2.27. The molecule has 68 heavy (non-hydrogen) atoms. The molecule has 10 heteroatoms. The third kappa shape index (κ3) is 49.2. The number of allylic oxidation sites excluding steroid dienone is 5. The molecular weight excluding hydrogens is 868 g/mol. The van der Waals surface area contributed by atoms with Crippen LogP contribution in [-0.4, -0.2) is 69.4 Å². The molecule has 0 rings (SSSR count). The van der Waals surface area contributed by atoms with E-state index >= 15 is 0 Å². The minimum atomic E-state index is -4.69. The molecule has 0 bridgehead atoms. The van der Waals surface area contributed by atoms with Crippen molar-refractivity contribution < 1.29 is 37.3 Å². The Kier molecular flexibility index (Phi) is 47.6. The summed E-state index contributed by atoms with van der Waals surface area (Å²) in [5.41, 5.74) is 0. The molecule has 0 saturated heterocycles. The van der Waals surface area contributed by atoms with Crippen molar-refractivity contribution in [3.05, 3.63) is 36.5 Å². The molecule has 0 aromatic heterocycles. The van der Waals surface area contributed by atoms with Gasteiger partial charge in [-0.1, -0.05) is 231 Å². The second-order valence-corrected chi connectivity index (χ2v) is 22.2. The molecular formula is C58H111N2O7P. The van der Waals surface area contributed by atoms with E-state index in [2.05, 4.69) is 50.4 Å². The second-order valence-electron chi connectivity index (χ2n) is 20.8. The van der Waals surface area contributed by atoms with E-state index < -0.39 is 20.0 Å². The molecule has 3 atom stereocenters. The Morgan fingerprint density at radius 1 is 0.515 bits per heavy atom. The van der Waals surface area contributed by atoms with Gasteiger partial charge in [0.15, 0.2) is 0 Å². The van der Waals surface area contributed by atoms with Gasteiger partial charge in [0.2, 0.25) is 5.91 Å². The summed E-state index contributed by atoms with van der Waals surface area (Å²) in [5, 5.41) is 3.02. The molecule has 400 valence electrons. The molecule has 0 radical (unpaired) electrons. The number of likely N-dealkylation sites (N-methyl/N-ethyl adjacent to an activating group) is 1. The molecule has 1 amide bonds. The van der Waals surface area contributed by atoms with Crippen molar-refractivity contribution in [1.29, 1.82) is 0 Å². The molecule has 0 fully saturated rings. The van der Waals surface area contributed by atoms with E-state index in [1.54, 1.807) is 0 Å². The number of hydrogen-bond donors (Lipinski definition) is 1. The molecule has 0 saturated carbocycles. The summed E-state index contributed by atoms with van der Waals surface area (Å²) in [6.07, 6.45) is 56.7. The third-order valence-corrected chi connectivity index (χ3v) is 13.8. The van der Waals surface area contributed by atoms with Gasteiger partial charge in [-0.2, -0.15) is 0 Å². The number of carbonyl (C=O) groups excluding carboxylic acids is 2. The fourth-order valence-corrected chi connectivity index (χ4v) is 9.04. The van der Waals surface area contributed by atoms with Crippen LogP contribution in [-0.2, 0) is 27.9 Å². The number of unbranched alkanes of at least 4 members (excludes halogenated alkanes) is 32. The van der Waals surface area contributed by atoms with Crippen LogP contribution in [0.1, 0.15) is 271 Å². The normalized spacial score (nSPS) is 14.0. The highest BCUT2D eigenvalue weighted by atomic mass is 31.2. The number of phosphoric acid groups is 1. The topological polar surface area (TPSA) is 114 Å². The number of hydrogen-bond acceptors (Lipinski definition) is 7. The number of amides is 1. The zero-order chi connectivity index (χ0) is 50.1. The quantitative estimate of drug-likeness (QED) is 0.0212. The number of rotatable bonds is 52. The summed E-state index contributed by atoms with van der Waals surface area (Å²) in [7, 11) is 1.19. The first-order chi connectivity index (χ1) is 32.9. The van der Waals surface area contributed by atoms with E-state index in [-0.39, 0.29) is 31.5 Å². The molecule has 1 N–H and O–H groups in total. The van der Waals surface area contributed by atoms with Gasteiger partial charge in [0.05, 0.1) is 33.8 Å². The molecule has 0 heterocycles. The maximum atomic E-state index is 13.5. The summed E-state index contributed by atoms with van der Waals surface area (Å²) < 4.78 is 30.2. The van der Waals surface area contributed by atoms with Crippen molar-refractivity contribution in [2.24, 2.45) is 0 Å². The number of nitrogens with zero attached hydrogens (tertiary/aromatic N) is 1. The Bertz CT molecular complexity index is 1270. The van der Waals surface area contributed by atoms with Crippen LogP contribution in [0.25, 0.3) is 0 Å². The first-order valence-electron chi connectivity index (χ1n) is 28.8. The number of quaternary nitrogens is 1. The van der Waals surface area contributed by atoms with Crippen LogP contribution >= 0.6 is 7.82 Å². The van der Waals surface area contributed by atoms with Crippen LogP contribution in [0.15, 0.2) is 36.5 Å². The lowest BCUT2D eigenvalue weighted by atomic mass is 10.0. The first-order valence-corrected chi connectivity index (χ1v) is 30.3. The van der Waals surface area contributed by atoms with Gasteiger partial charge in [-0.25, -0.2) is 0 Å². The smallest absolute Gasteiger partial charge is 0.306 e. The van der Waals surface area contributed by atoms with E-state index in [1.165, 1.54) is 161 Å². The van der Waals surface area contributed by atoms with E-state index in [0.717, 1.165) is 77.0 Å². The molecule has 3 unspecified atom stereocenters. The minimum absolute atomic E-state index is 0.0216. The van der Waals surface area contributed by atoms with Crippen LogP contribution in [0.4, 0.5) is 0 Å². The molecule has 0 spiro atoms. The van der Waals surface area contributed by atoms with Gasteiger partial charge in [0, 0.05) is 12.8 Å². The van der Waals surface area contributed by atoms with Crippen molar-refractivity contribution in [2.75, 3.05) is 40.9 Å². The van der Waals surface area contributed by atoms with Crippen LogP contribution in [0.2, 0.25) is 0 Å². The fourth-order valence-electron chi connectivity index (χ4n) is 8.32. The Morgan fingerprint density at radius 3 is 1.35 bits per heavy atom. The third-order valence-electron chi connectivity index (χ3n) is 12.8. The molecule has 9 nitrogen and oxygen atoms in total. The standard InChI is InChI=1S/C58H111N2O7P/c1-7-10-13-16-19-22-25-27-29-30-31-33-36-39-42-45-48-51-58(62)67-56(49-46-43-40-37-34-24-21-18-15-12-9-3)55(54-66-68(63,64)65-53-52-60(4,5)6)59-57(61)50-47-44-41-38-35-32-28-26-23-20-17-14-11-8-2/h19,22,27,29,46,49,55-56H,7-18,20-21,23-26,28,30-45,47-48,50-54H2,1-6H3,(H-,59,61,63,64)/b22-19-,29-27-,49-46+. The van der Waals surface area contributed by atoms with Gasteiger partial charge in [0.1, 0.15) is 19.3 Å². The van der Waals surface area contributed by atoms with Crippen molar-refractivity contribution in [1.82, 2.24) is 5.32 Å². The van der Waals surface area contributed by atoms with Gasteiger partial charge in [0.25, 0.3) is 7.82 Å². The van der Waals surface area contributed by atoms with Gasteiger partial charge in [-0.3, -0.25) is 14.2 Å². The van der Waals surface area contributed by atoms with Gasteiger partial charge < -0.3 is 28.5 Å². The summed E-state index contributed by atoms with van der Waals surface area (Å²) in [6, 6.07) is -0.886. The van der Waals surface area contributed by atoms with Crippen LogP contribution < -0.4 is 10.2 Å². The molecule has 0 aliphatic carbocycles. The highest BCUT2D eigenvalue weighted by Crippen LogP contribution is 2.38. The summed E-state index contributed by atoms with van der Waals surface area (Å²) in [5.74, 6) is -0.542. The largest absolute Gasteiger partial charge is 0.756 e. The van der Waals surface area contributed by atoms with Crippen molar-refractivity contribution in [3.63, 3.8) is 0 Å². The average Bonchev–Trinajstić information content (AvgIpc) is 3.29. The van der Waals surface area contributed by atoms with E-state index in [4.69, 9.17) is 13.8 Å². The monoisotopic (exact) mass is 979 g/mol. The lowest BCUT2D eigenvalue weighted by molar-refractivity contribution is -0.870. The maximum absolute atomic E-state index is 13.5. The summed E-state index contributed by atoms with van der Waals surface area (Å²) >= 11 is 0. The Hall–Kier alpha value is -1.77. The number of carbonyl (C=O) groups is 2. The first kappa shape index (κ1) is 66.2. The zero-order valence-corrected chi connectivity index (χ0v) is 46.5. The molecule has 0 aliphatic heterocycles. The molecule has 0 aliphatic rings. The van der Waals surface area contributed by atoms with Crippen molar-refractivity contribution in [3.8, 4) is 0 Å². The van der Waals surface area contributed by atoms with E-state index in [0.29, 0.717) is 17.4 Å². The Morgan fingerprint density at radius 2 is 0.897 bits per heavy atom. The lowest BCUT2D eigenvalue weighted by Crippen LogP contribution is -2.47. The highest BCUT2D eigenvalue weighted by molar-refractivity contribution is 7.45. The summed E-state index contributed by atoms with van der Waals surface area (Å²) in [4.78, 5) is 39.8. The van der Waals surface area contributed by atoms with Crippen LogP contribution in [0.3, 0.4) is 0 Å². The average molecular weight is 980 g/mol. The van der Waals surface area contributed by atoms with E-state index in [9.17, 15) is 19.0 Å². The Balaban J connectivity index is 5.31. The van der Waals surface area contributed by atoms with Gasteiger partial charge in [-0.05, 0) is 63.9 Å². The molecule has 0 aromatic rings. The lowest BCUT2D eigenvalue weighted by Gasteiger charge is -2.30. The SMILES string of the molecule is CCCCC/C=C\C/C=C\CCCCCCCCCC(=O)OC(/C=C/CCCCCCCCCCC)C(COP(=O)([O-])OCC[N+](C)(C)C)NC(=O)CCCCCCCCCCCCCCCC. The zero-order valence-electron chi connectivity index (χ0n) is 45.6. The fraction of sp³-hybridized carbons (Fsp3) is 0.862. The predicted octanol–water partition coefficient (Wildman–Crippen LogP) is 16.5. The van der Waals surface area contributed by atoms with Gasteiger partial charge in [-0.15, -0.1) is 0 Å². The predicted molar refractivity (Wildman–Crippen MR) is 289 cm³/mol. The van der Waals surface area contributed by atoms with E-state index in [1.807, 2.05) is 33.3 Å². The number of nitrogens with one attached hydrogen (secondary N) is 1. The van der Waals surface area contributed by atoms with Crippen LogP contribution in [0, 0.1) is 0 Å². The Labute approximate surface area is 421 Å². The minimum Gasteiger partial charge on any atom is -0.756 e. The van der Waals surface area contributed by atoms with Crippen molar-refractivity contribution in [2.45, 2.75) is 283 Å². The number of ether oxygens (including phenoxy) is 1. The second kappa shape index (κ2) is 48.8. The maximum Gasteiger partial charge on any atom is 0.306 e. The molecule has 0 aromatic carbocycles. The van der Waals surface area contributed by atoms with Gasteiger partial charge >= 0.3 is 5.97 Å².